The number of nitrogens with two attached hydrogens (primary N) is 1. The van der Waals surface area contributed by atoms with Crippen LogP contribution in [0.1, 0.15) is 16.5 Å². The van der Waals surface area contributed by atoms with Gasteiger partial charge in [-0.1, -0.05) is 28.1 Å². The average molecular weight is 365 g/mol. The molecule has 0 bridgehead atoms. The lowest BCUT2D eigenvalue weighted by molar-refractivity contribution is 0.561. The van der Waals surface area contributed by atoms with E-state index in [2.05, 4.69) is 33.5 Å². The van der Waals surface area contributed by atoms with Crippen molar-refractivity contribution in [2.24, 2.45) is 5.84 Å². The van der Waals surface area contributed by atoms with Gasteiger partial charge in [-0.05, 0) is 53.8 Å². The fourth-order valence-corrected chi connectivity index (χ4v) is 3.67. The molecule has 0 radical (unpaired) electrons. The van der Waals surface area contributed by atoms with Gasteiger partial charge in [-0.25, -0.2) is 4.39 Å². The van der Waals surface area contributed by atoms with Crippen LogP contribution >= 0.6 is 27.3 Å². The highest BCUT2D eigenvalue weighted by molar-refractivity contribution is 9.10. The summed E-state index contributed by atoms with van der Waals surface area (Å²) in [6, 6.07) is 15.1. The largest absolute Gasteiger partial charge is 0.271 e. The van der Waals surface area contributed by atoms with E-state index in [0.717, 1.165) is 25.9 Å². The first-order valence-corrected chi connectivity index (χ1v) is 8.16. The number of benzene rings is 2. The second kappa shape index (κ2) is 6.23. The number of hydrazine groups is 1. The zero-order valence-corrected chi connectivity index (χ0v) is 13.5. The van der Waals surface area contributed by atoms with Gasteiger partial charge in [0.25, 0.3) is 0 Å². The maximum absolute atomic E-state index is 13.3. The van der Waals surface area contributed by atoms with E-state index in [0.29, 0.717) is 0 Å². The highest BCUT2D eigenvalue weighted by atomic mass is 79.9. The predicted octanol–water partition coefficient (Wildman–Crippen LogP) is 4.55. The summed E-state index contributed by atoms with van der Waals surface area (Å²) in [6.07, 6.45) is 0.791. The average Bonchev–Trinajstić information content (AvgIpc) is 2.89. The molecule has 0 aliphatic carbocycles. The molecule has 2 aromatic carbocycles. The minimum absolute atomic E-state index is 0.0200. The van der Waals surface area contributed by atoms with Gasteiger partial charge in [0.2, 0.25) is 0 Å². The van der Waals surface area contributed by atoms with Gasteiger partial charge in [-0.3, -0.25) is 11.3 Å². The van der Waals surface area contributed by atoms with Gasteiger partial charge in [0.05, 0.1) is 6.04 Å². The normalized spacial score (nSPS) is 12.7. The highest BCUT2D eigenvalue weighted by Gasteiger charge is 2.14. The van der Waals surface area contributed by atoms with E-state index < -0.39 is 0 Å². The Bertz CT molecular complexity index is 755. The van der Waals surface area contributed by atoms with E-state index >= 15 is 0 Å². The summed E-state index contributed by atoms with van der Waals surface area (Å²) in [7, 11) is 0. The Hall–Kier alpha value is -1.27. The Balaban J connectivity index is 1.88. The Kier molecular flexibility index (Phi) is 4.35. The van der Waals surface area contributed by atoms with Crippen LogP contribution in [0.2, 0.25) is 0 Å². The van der Waals surface area contributed by atoms with E-state index in [1.807, 2.05) is 24.3 Å². The third-order valence-corrected chi connectivity index (χ3v) is 5.15. The van der Waals surface area contributed by atoms with Crippen LogP contribution in [-0.4, -0.2) is 0 Å². The van der Waals surface area contributed by atoms with E-state index in [1.54, 1.807) is 17.4 Å². The number of hydrogen-bond donors (Lipinski definition) is 2. The van der Waals surface area contributed by atoms with Gasteiger partial charge in [0.15, 0.2) is 0 Å². The maximum Gasteiger partial charge on any atom is 0.123 e. The molecule has 1 heterocycles. The molecule has 3 aromatic rings. The molecule has 0 fully saturated rings. The van der Waals surface area contributed by atoms with Crippen LogP contribution in [0, 0.1) is 5.82 Å². The molecular formula is C16H14BrFN2S. The summed E-state index contributed by atoms with van der Waals surface area (Å²) in [5, 5.41) is 0.922. The number of hydrogen-bond acceptors (Lipinski definition) is 3. The number of rotatable bonds is 4. The first-order valence-electron chi connectivity index (χ1n) is 6.55. The molecule has 1 aromatic heterocycles. The van der Waals surface area contributed by atoms with Crippen molar-refractivity contribution < 1.29 is 4.39 Å². The quantitative estimate of drug-likeness (QED) is 0.526. The fraction of sp³-hybridized carbons (Fsp3) is 0.125. The van der Waals surface area contributed by atoms with Gasteiger partial charge in [-0.15, -0.1) is 11.3 Å². The van der Waals surface area contributed by atoms with Crippen molar-refractivity contribution in [1.29, 1.82) is 0 Å². The second-order valence-corrected chi connectivity index (χ2v) is 6.91. The lowest BCUT2D eigenvalue weighted by atomic mass is 10.0. The number of thiophene rings is 1. The van der Waals surface area contributed by atoms with Crippen molar-refractivity contribution in [3.05, 3.63) is 69.3 Å². The third-order valence-electron chi connectivity index (χ3n) is 3.40. The maximum atomic E-state index is 13.3. The van der Waals surface area contributed by atoms with Crippen LogP contribution in [0.5, 0.6) is 0 Å². The molecule has 0 aliphatic heterocycles. The van der Waals surface area contributed by atoms with E-state index in [4.69, 9.17) is 5.84 Å². The SMILES string of the molecule is NNC(Cc1ccc(Br)cc1)c1cc2cc(F)ccc2s1. The molecule has 0 amide bonds. The van der Waals surface area contributed by atoms with Crippen LogP contribution in [0.25, 0.3) is 10.1 Å². The molecule has 1 atom stereocenters. The number of fused-ring (bicyclic) bond motifs is 1. The molecule has 0 spiro atoms. The molecule has 0 aliphatic rings. The van der Waals surface area contributed by atoms with Gasteiger partial charge >= 0.3 is 0 Å². The van der Waals surface area contributed by atoms with Crippen LogP contribution in [0.3, 0.4) is 0 Å². The molecule has 0 saturated heterocycles. The molecule has 5 heteroatoms. The zero-order chi connectivity index (χ0) is 14.8. The Labute approximate surface area is 134 Å². The minimum Gasteiger partial charge on any atom is -0.271 e. The lowest BCUT2D eigenvalue weighted by Crippen LogP contribution is -2.28. The first-order chi connectivity index (χ1) is 10.2. The number of nitrogens with one attached hydrogen (secondary N) is 1. The molecule has 108 valence electrons. The highest BCUT2D eigenvalue weighted by Crippen LogP contribution is 2.31. The van der Waals surface area contributed by atoms with Crippen molar-refractivity contribution in [2.45, 2.75) is 12.5 Å². The van der Waals surface area contributed by atoms with E-state index in [-0.39, 0.29) is 11.9 Å². The zero-order valence-electron chi connectivity index (χ0n) is 11.1. The summed E-state index contributed by atoms with van der Waals surface area (Å²) in [4.78, 5) is 1.11. The molecule has 0 saturated carbocycles. The molecule has 2 nitrogen and oxygen atoms in total. The summed E-state index contributed by atoms with van der Waals surface area (Å²) < 4.78 is 15.4. The van der Waals surface area contributed by atoms with Crippen LogP contribution in [0.15, 0.2) is 53.0 Å². The standard InChI is InChI=1S/C16H14BrFN2S/c17-12-3-1-10(2-4-12)7-14(20-19)16-9-11-8-13(18)5-6-15(11)21-16/h1-6,8-9,14,20H,7,19H2. The molecule has 21 heavy (non-hydrogen) atoms. The molecule has 1 unspecified atom stereocenters. The third kappa shape index (κ3) is 3.32. The molecular weight excluding hydrogens is 351 g/mol. The van der Waals surface area contributed by atoms with Gasteiger partial charge < -0.3 is 0 Å². The summed E-state index contributed by atoms with van der Waals surface area (Å²) in [5.74, 6) is 5.50. The van der Waals surface area contributed by atoms with Gasteiger partial charge in [0.1, 0.15) is 5.82 Å². The van der Waals surface area contributed by atoms with E-state index in [1.165, 1.54) is 11.6 Å². The van der Waals surface area contributed by atoms with Crippen molar-refractivity contribution in [3.8, 4) is 0 Å². The Morgan fingerprint density at radius 2 is 1.90 bits per heavy atom. The van der Waals surface area contributed by atoms with Gasteiger partial charge in [0, 0.05) is 14.0 Å². The summed E-state index contributed by atoms with van der Waals surface area (Å²) in [6.45, 7) is 0. The Morgan fingerprint density at radius 1 is 1.14 bits per heavy atom. The van der Waals surface area contributed by atoms with Crippen molar-refractivity contribution in [3.63, 3.8) is 0 Å². The molecule has 3 rings (SSSR count). The smallest absolute Gasteiger partial charge is 0.123 e. The summed E-state index contributed by atoms with van der Waals surface area (Å²) in [5.41, 5.74) is 4.06. The fourth-order valence-electron chi connectivity index (χ4n) is 2.30. The van der Waals surface area contributed by atoms with Gasteiger partial charge in [-0.2, -0.15) is 0 Å². The summed E-state index contributed by atoms with van der Waals surface area (Å²) >= 11 is 5.07. The second-order valence-electron chi connectivity index (χ2n) is 4.88. The number of halogens is 2. The monoisotopic (exact) mass is 364 g/mol. The van der Waals surface area contributed by atoms with Crippen molar-refractivity contribution >= 4 is 37.4 Å². The van der Waals surface area contributed by atoms with Crippen LogP contribution < -0.4 is 11.3 Å². The van der Waals surface area contributed by atoms with Crippen molar-refractivity contribution in [1.82, 2.24) is 5.43 Å². The minimum atomic E-state index is -0.211. The topological polar surface area (TPSA) is 38.0 Å². The molecule has 3 N–H and O–H groups in total. The first kappa shape index (κ1) is 14.7. The van der Waals surface area contributed by atoms with Crippen LogP contribution in [-0.2, 0) is 6.42 Å². The predicted molar refractivity (Wildman–Crippen MR) is 89.7 cm³/mol. The Morgan fingerprint density at radius 3 is 2.62 bits per heavy atom. The lowest BCUT2D eigenvalue weighted by Gasteiger charge is -2.14. The van der Waals surface area contributed by atoms with Crippen LogP contribution in [0.4, 0.5) is 4.39 Å². The van der Waals surface area contributed by atoms with E-state index in [9.17, 15) is 4.39 Å². The van der Waals surface area contributed by atoms with Crippen molar-refractivity contribution in [2.75, 3.05) is 0 Å².